The van der Waals surface area contributed by atoms with E-state index >= 15 is 0 Å². The molecule has 1 aliphatic rings. The Morgan fingerprint density at radius 3 is 2.71 bits per heavy atom. The molecule has 1 aliphatic heterocycles. The van der Waals surface area contributed by atoms with Crippen LogP contribution in [0.2, 0.25) is 0 Å². The Balaban J connectivity index is 2.05. The van der Waals surface area contributed by atoms with Crippen LogP contribution in [0.5, 0.6) is 0 Å². The Morgan fingerprint density at radius 1 is 1.25 bits per heavy atom. The van der Waals surface area contributed by atoms with Crippen LogP contribution in [0.3, 0.4) is 0 Å². The smallest absolute Gasteiger partial charge is 0.326 e. The summed E-state index contributed by atoms with van der Waals surface area (Å²) in [7, 11) is 3.83. The Kier molecular flexibility index (Phi) is 4.38. The number of hydrogen-bond donors (Lipinski definition) is 1. The van der Waals surface area contributed by atoms with E-state index < -0.39 is 12.0 Å². The summed E-state index contributed by atoms with van der Waals surface area (Å²) in [5.41, 5.74) is 1.93. The largest absolute Gasteiger partial charge is 0.480 e. The number of pyridine rings is 1. The van der Waals surface area contributed by atoms with E-state index in [-0.39, 0.29) is 5.91 Å². The molecule has 2 aromatic rings. The highest BCUT2D eigenvalue weighted by Crippen LogP contribution is 2.27. The SMILES string of the molecule is CN(C)c1cc(C(=O)N2CCCCC2C(=O)O)nc2ccccc12. The van der Waals surface area contributed by atoms with Crippen LogP contribution in [0.4, 0.5) is 5.69 Å². The van der Waals surface area contributed by atoms with Crippen LogP contribution in [-0.4, -0.2) is 53.5 Å². The zero-order valence-electron chi connectivity index (χ0n) is 13.9. The van der Waals surface area contributed by atoms with Crippen molar-refractivity contribution < 1.29 is 14.7 Å². The van der Waals surface area contributed by atoms with Crippen molar-refractivity contribution in [1.29, 1.82) is 0 Å². The fraction of sp³-hybridized carbons (Fsp3) is 0.389. The first kappa shape index (κ1) is 16.2. The molecule has 2 heterocycles. The van der Waals surface area contributed by atoms with Gasteiger partial charge < -0.3 is 14.9 Å². The van der Waals surface area contributed by atoms with Crippen LogP contribution in [-0.2, 0) is 4.79 Å². The molecule has 0 radical (unpaired) electrons. The number of hydrogen-bond acceptors (Lipinski definition) is 4. The average molecular weight is 327 g/mol. The quantitative estimate of drug-likeness (QED) is 0.937. The van der Waals surface area contributed by atoms with Gasteiger partial charge in [-0.05, 0) is 31.4 Å². The number of carbonyl (C=O) groups excluding carboxylic acids is 1. The molecule has 0 saturated carbocycles. The molecule has 1 saturated heterocycles. The van der Waals surface area contributed by atoms with Gasteiger partial charge in [0, 0.05) is 31.7 Å². The van der Waals surface area contributed by atoms with Crippen LogP contribution in [0.25, 0.3) is 10.9 Å². The number of benzene rings is 1. The number of para-hydroxylation sites is 1. The van der Waals surface area contributed by atoms with Crippen molar-refractivity contribution in [2.45, 2.75) is 25.3 Å². The average Bonchev–Trinajstić information content (AvgIpc) is 2.59. The highest BCUT2D eigenvalue weighted by molar-refractivity contribution is 6.01. The Morgan fingerprint density at radius 2 is 2.00 bits per heavy atom. The molecule has 1 fully saturated rings. The summed E-state index contributed by atoms with van der Waals surface area (Å²) >= 11 is 0. The predicted octanol–water partition coefficient (Wildman–Crippen LogP) is 2.38. The number of likely N-dealkylation sites (tertiary alicyclic amines) is 1. The van der Waals surface area contributed by atoms with E-state index in [1.54, 1.807) is 6.07 Å². The van der Waals surface area contributed by atoms with Gasteiger partial charge >= 0.3 is 5.97 Å². The van der Waals surface area contributed by atoms with Crippen LogP contribution in [0.1, 0.15) is 29.8 Å². The fourth-order valence-corrected chi connectivity index (χ4v) is 3.22. The van der Waals surface area contributed by atoms with Gasteiger partial charge in [-0.2, -0.15) is 0 Å². The second kappa shape index (κ2) is 6.47. The van der Waals surface area contributed by atoms with Gasteiger partial charge in [0.15, 0.2) is 0 Å². The second-order valence-corrected chi connectivity index (χ2v) is 6.29. The van der Waals surface area contributed by atoms with Gasteiger partial charge in [-0.25, -0.2) is 9.78 Å². The number of aliphatic carboxylic acids is 1. The van der Waals surface area contributed by atoms with E-state index in [2.05, 4.69) is 4.98 Å². The molecule has 6 heteroatoms. The van der Waals surface area contributed by atoms with Gasteiger partial charge in [-0.1, -0.05) is 18.2 Å². The topological polar surface area (TPSA) is 73.7 Å². The molecular weight excluding hydrogens is 306 g/mol. The van der Waals surface area contributed by atoms with Crippen molar-refractivity contribution in [2.24, 2.45) is 0 Å². The van der Waals surface area contributed by atoms with Gasteiger partial charge in [0.25, 0.3) is 5.91 Å². The lowest BCUT2D eigenvalue weighted by Crippen LogP contribution is -2.48. The third-order valence-corrected chi connectivity index (χ3v) is 4.44. The lowest BCUT2D eigenvalue weighted by molar-refractivity contribution is -0.143. The monoisotopic (exact) mass is 327 g/mol. The normalized spacial score (nSPS) is 17.8. The van der Waals surface area contributed by atoms with Gasteiger partial charge in [-0.3, -0.25) is 4.79 Å². The van der Waals surface area contributed by atoms with Crippen molar-refractivity contribution >= 4 is 28.5 Å². The number of aromatic nitrogens is 1. The van der Waals surface area contributed by atoms with Crippen molar-refractivity contribution in [3.8, 4) is 0 Å². The summed E-state index contributed by atoms with van der Waals surface area (Å²) in [6, 6.07) is 8.63. The van der Waals surface area contributed by atoms with Crippen LogP contribution < -0.4 is 4.90 Å². The maximum atomic E-state index is 12.9. The molecule has 6 nitrogen and oxygen atoms in total. The Bertz CT molecular complexity index is 788. The van der Waals surface area contributed by atoms with Crippen LogP contribution in [0, 0.1) is 0 Å². The standard InChI is InChI=1S/C18H21N3O3/c1-20(2)16-11-14(19-13-8-4-3-7-12(13)16)17(22)21-10-6-5-9-15(21)18(23)24/h3-4,7-8,11,15H,5-6,9-10H2,1-2H3,(H,23,24). The van der Waals surface area contributed by atoms with Crippen molar-refractivity contribution in [3.05, 3.63) is 36.0 Å². The van der Waals surface area contributed by atoms with E-state index in [0.29, 0.717) is 18.7 Å². The molecule has 24 heavy (non-hydrogen) atoms. The molecule has 0 spiro atoms. The second-order valence-electron chi connectivity index (χ2n) is 6.29. The number of rotatable bonds is 3. The molecule has 1 atom stereocenters. The number of piperidine rings is 1. The van der Waals surface area contributed by atoms with Gasteiger partial charge in [-0.15, -0.1) is 0 Å². The highest BCUT2D eigenvalue weighted by atomic mass is 16.4. The number of fused-ring (bicyclic) bond motifs is 1. The molecule has 3 rings (SSSR count). The predicted molar refractivity (Wildman–Crippen MR) is 92.4 cm³/mol. The third kappa shape index (κ3) is 2.91. The van der Waals surface area contributed by atoms with Gasteiger partial charge in [0.05, 0.1) is 5.52 Å². The summed E-state index contributed by atoms with van der Waals surface area (Å²) in [4.78, 5) is 32.2. The minimum absolute atomic E-state index is 0.297. The first-order chi connectivity index (χ1) is 11.5. The number of carbonyl (C=O) groups is 2. The van der Waals surface area contributed by atoms with E-state index in [4.69, 9.17) is 0 Å². The van der Waals surface area contributed by atoms with Gasteiger partial charge in [0.1, 0.15) is 11.7 Å². The lowest BCUT2D eigenvalue weighted by atomic mass is 10.0. The third-order valence-electron chi connectivity index (χ3n) is 4.44. The summed E-state index contributed by atoms with van der Waals surface area (Å²) in [6.07, 6.45) is 2.15. The summed E-state index contributed by atoms with van der Waals surface area (Å²) in [5.74, 6) is -1.26. The lowest BCUT2D eigenvalue weighted by Gasteiger charge is -2.32. The molecule has 0 bridgehead atoms. The molecule has 1 amide bonds. The van der Waals surface area contributed by atoms with E-state index in [1.165, 1.54) is 4.90 Å². The number of nitrogens with zero attached hydrogens (tertiary/aromatic N) is 3. The number of anilines is 1. The van der Waals surface area contributed by atoms with Gasteiger partial charge in [0.2, 0.25) is 0 Å². The van der Waals surface area contributed by atoms with Crippen molar-refractivity contribution in [3.63, 3.8) is 0 Å². The van der Waals surface area contributed by atoms with Crippen LogP contribution in [0.15, 0.2) is 30.3 Å². The van der Waals surface area contributed by atoms with Crippen molar-refractivity contribution in [1.82, 2.24) is 9.88 Å². The number of amides is 1. The molecular formula is C18H21N3O3. The Hall–Kier alpha value is -2.63. The maximum absolute atomic E-state index is 12.9. The summed E-state index contributed by atoms with van der Waals surface area (Å²) < 4.78 is 0. The van der Waals surface area contributed by atoms with Crippen LogP contribution >= 0.6 is 0 Å². The first-order valence-electron chi connectivity index (χ1n) is 8.10. The fourth-order valence-electron chi connectivity index (χ4n) is 3.22. The van der Waals surface area contributed by atoms with E-state index in [9.17, 15) is 14.7 Å². The van der Waals surface area contributed by atoms with Crippen molar-refractivity contribution in [2.75, 3.05) is 25.5 Å². The zero-order valence-corrected chi connectivity index (χ0v) is 13.9. The maximum Gasteiger partial charge on any atom is 0.326 e. The molecule has 1 aromatic carbocycles. The highest BCUT2D eigenvalue weighted by Gasteiger charge is 2.33. The van der Waals surface area contributed by atoms with E-state index in [0.717, 1.165) is 29.4 Å². The zero-order chi connectivity index (χ0) is 17.3. The number of carboxylic acids is 1. The summed E-state index contributed by atoms with van der Waals surface area (Å²) in [5, 5.41) is 10.4. The summed E-state index contributed by atoms with van der Waals surface area (Å²) in [6.45, 7) is 0.460. The minimum Gasteiger partial charge on any atom is -0.480 e. The first-order valence-corrected chi connectivity index (χ1v) is 8.10. The number of carboxylic acid groups (broad SMARTS) is 1. The van der Waals surface area contributed by atoms with E-state index in [1.807, 2.05) is 43.3 Å². The minimum atomic E-state index is -0.948. The molecule has 0 aliphatic carbocycles. The Labute approximate surface area is 140 Å². The molecule has 1 aromatic heterocycles. The molecule has 126 valence electrons. The molecule has 1 unspecified atom stereocenters. The molecule has 1 N–H and O–H groups in total.